The largest absolute Gasteiger partial charge is 0.325 e. The Kier molecular flexibility index (Phi) is 9.62. The first-order chi connectivity index (χ1) is 12.0. The van der Waals surface area contributed by atoms with Crippen LogP contribution < -0.4 is 16.4 Å². The predicted octanol–water partition coefficient (Wildman–Crippen LogP) is 2.91. The zero-order valence-electron chi connectivity index (χ0n) is 15.7. The predicted molar refractivity (Wildman–Crippen MR) is 109 cm³/mol. The smallest absolute Gasteiger partial charge is 0.241 e. The molecule has 1 aromatic carbocycles. The SMILES string of the molecule is CCCC(N)C(=O)Nc1ccc(C)c(NC(=O)CN2CCCCC2)c1.Cl. The molecule has 4 N–H and O–H groups in total. The second-order valence-electron chi connectivity index (χ2n) is 6.80. The van der Waals surface area contributed by atoms with Crippen molar-refractivity contribution >= 4 is 35.6 Å². The summed E-state index contributed by atoms with van der Waals surface area (Å²) in [6.07, 6.45) is 5.08. The molecule has 146 valence electrons. The van der Waals surface area contributed by atoms with Crippen molar-refractivity contribution in [3.05, 3.63) is 23.8 Å². The molecule has 0 aromatic heterocycles. The number of nitrogens with one attached hydrogen (secondary N) is 2. The van der Waals surface area contributed by atoms with Crippen molar-refractivity contribution in [2.45, 2.75) is 52.0 Å². The normalized spacial score (nSPS) is 15.7. The molecule has 1 aromatic rings. The number of aryl methyl sites for hydroxylation is 1. The van der Waals surface area contributed by atoms with Crippen LogP contribution in [-0.2, 0) is 9.59 Å². The Labute approximate surface area is 162 Å². The Morgan fingerprint density at radius 1 is 1.19 bits per heavy atom. The Morgan fingerprint density at radius 3 is 2.54 bits per heavy atom. The van der Waals surface area contributed by atoms with Gasteiger partial charge in [0.1, 0.15) is 0 Å². The van der Waals surface area contributed by atoms with E-state index in [1.54, 1.807) is 6.07 Å². The number of hydrogen-bond acceptors (Lipinski definition) is 4. The van der Waals surface area contributed by atoms with Gasteiger partial charge in [-0.1, -0.05) is 25.8 Å². The number of halogens is 1. The first-order valence-electron chi connectivity index (χ1n) is 9.19. The van der Waals surface area contributed by atoms with Gasteiger partial charge in [0.25, 0.3) is 0 Å². The number of hydrogen-bond donors (Lipinski definition) is 3. The summed E-state index contributed by atoms with van der Waals surface area (Å²) in [5.41, 5.74) is 8.18. The van der Waals surface area contributed by atoms with Crippen molar-refractivity contribution in [1.82, 2.24) is 4.90 Å². The van der Waals surface area contributed by atoms with E-state index in [1.807, 2.05) is 26.0 Å². The van der Waals surface area contributed by atoms with Crippen LogP contribution in [0.5, 0.6) is 0 Å². The summed E-state index contributed by atoms with van der Waals surface area (Å²) >= 11 is 0. The van der Waals surface area contributed by atoms with E-state index in [4.69, 9.17) is 5.73 Å². The number of benzene rings is 1. The summed E-state index contributed by atoms with van der Waals surface area (Å²) in [5.74, 6) is -0.215. The topological polar surface area (TPSA) is 87.5 Å². The maximum atomic E-state index is 12.3. The zero-order chi connectivity index (χ0) is 18.2. The summed E-state index contributed by atoms with van der Waals surface area (Å²) in [5, 5.41) is 5.79. The number of carbonyl (C=O) groups is 2. The highest BCUT2D eigenvalue weighted by atomic mass is 35.5. The molecule has 7 heteroatoms. The van der Waals surface area contributed by atoms with Gasteiger partial charge in [0.15, 0.2) is 0 Å². The number of nitrogens with two attached hydrogens (primary N) is 1. The number of rotatable bonds is 7. The lowest BCUT2D eigenvalue weighted by atomic mass is 10.1. The van der Waals surface area contributed by atoms with Crippen LogP contribution in [-0.4, -0.2) is 42.4 Å². The highest BCUT2D eigenvalue weighted by Crippen LogP contribution is 2.21. The van der Waals surface area contributed by atoms with Gasteiger partial charge < -0.3 is 16.4 Å². The molecule has 0 spiro atoms. The van der Waals surface area contributed by atoms with Crippen LogP contribution in [0.2, 0.25) is 0 Å². The quantitative estimate of drug-likeness (QED) is 0.676. The van der Waals surface area contributed by atoms with Gasteiger partial charge >= 0.3 is 0 Å². The van der Waals surface area contributed by atoms with E-state index in [0.717, 1.165) is 43.6 Å². The molecular weight excluding hydrogens is 352 g/mol. The third-order valence-corrected chi connectivity index (χ3v) is 4.53. The zero-order valence-corrected chi connectivity index (χ0v) is 16.5. The van der Waals surface area contributed by atoms with Crippen LogP contribution >= 0.6 is 12.4 Å². The minimum atomic E-state index is -0.511. The van der Waals surface area contributed by atoms with E-state index in [9.17, 15) is 9.59 Å². The molecule has 1 atom stereocenters. The molecule has 1 aliphatic rings. The number of anilines is 2. The van der Waals surface area contributed by atoms with Crippen molar-refractivity contribution in [2.24, 2.45) is 5.73 Å². The van der Waals surface area contributed by atoms with Crippen LogP contribution in [0, 0.1) is 6.92 Å². The van der Waals surface area contributed by atoms with Gasteiger partial charge in [-0.3, -0.25) is 14.5 Å². The average molecular weight is 383 g/mol. The van der Waals surface area contributed by atoms with Crippen molar-refractivity contribution < 1.29 is 9.59 Å². The van der Waals surface area contributed by atoms with E-state index in [2.05, 4.69) is 15.5 Å². The molecule has 0 bridgehead atoms. The van der Waals surface area contributed by atoms with Crippen LogP contribution in [0.4, 0.5) is 11.4 Å². The summed E-state index contributed by atoms with van der Waals surface area (Å²) in [6, 6.07) is 4.99. The Bertz CT molecular complexity index is 603. The van der Waals surface area contributed by atoms with Gasteiger partial charge in [-0.2, -0.15) is 0 Å². The molecular formula is C19H31ClN4O2. The molecule has 0 aliphatic carbocycles. The fraction of sp³-hybridized carbons (Fsp3) is 0.579. The third-order valence-electron chi connectivity index (χ3n) is 4.53. The van der Waals surface area contributed by atoms with Gasteiger partial charge in [-0.25, -0.2) is 0 Å². The molecule has 1 heterocycles. The average Bonchev–Trinajstić information content (AvgIpc) is 2.59. The molecule has 1 unspecified atom stereocenters. The Morgan fingerprint density at radius 2 is 1.88 bits per heavy atom. The lowest BCUT2D eigenvalue weighted by Gasteiger charge is -2.25. The second-order valence-corrected chi connectivity index (χ2v) is 6.80. The summed E-state index contributed by atoms with van der Waals surface area (Å²) in [7, 11) is 0. The fourth-order valence-electron chi connectivity index (χ4n) is 3.02. The molecule has 6 nitrogen and oxygen atoms in total. The lowest BCUT2D eigenvalue weighted by molar-refractivity contribution is -0.118. The van der Waals surface area contributed by atoms with E-state index in [1.165, 1.54) is 6.42 Å². The first-order valence-corrected chi connectivity index (χ1v) is 9.19. The standard InChI is InChI=1S/C19H30N4O2.ClH/c1-3-7-16(20)19(25)21-15-9-8-14(2)17(12-15)22-18(24)13-23-10-5-4-6-11-23;/h8-9,12,16H,3-7,10-11,13,20H2,1-2H3,(H,21,25)(H,22,24);1H. The number of nitrogens with zero attached hydrogens (tertiary/aromatic N) is 1. The molecule has 0 radical (unpaired) electrons. The highest BCUT2D eigenvalue weighted by Gasteiger charge is 2.16. The first kappa shape index (κ1) is 22.4. The molecule has 1 fully saturated rings. The van der Waals surface area contributed by atoms with Crippen molar-refractivity contribution in [1.29, 1.82) is 0 Å². The fourth-order valence-corrected chi connectivity index (χ4v) is 3.02. The molecule has 0 saturated carbocycles. The minimum Gasteiger partial charge on any atom is -0.325 e. The summed E-state index contributed by atoms with van der Waals surface area (Å²) < 4.78 is 0. The third kappa shape index (κ3) is 6.94. The van der Waals surface area contributed by atoms with E-state index in [0.29, 0.717) is 18.7 Å². The monoisotopic (exact) mass is 382 g/mol. The van der Waals surface area contributed by atoms with E-state index >= 15 is 0 Å². The molecule has 2 amide bonds. The van der Waals surface area contributed by atoms with Crippen molar-refractivity contribution in [2.75, 3.05) is 30.3 Å². The van der Waals surface area contributed by atoms with E-state index < -0.39 is 6.04 Å². The van der Waals surface area contributed by atoms with Gasteiger partial charge in [-0.05, 0) is 57.0 Å². The second kappa shape index (κ2) is 11.2. The molecule has 26 heavy (non-hydrogen) atoms. The van der Waals surface area contributed by atoms with Gasteiger partial charge in [-0.15, -0.1) is 12.4 Å². The Balaban J connectivity index is 0.00000338. The number of carbonyl (C=O) groups excluding carboxylic acids is 2. The summed E-state index contributed by atoms with van der Waals surface area (Å²) in [6.45, 7) is 6.31. The van der Waals surface area contributed by atoms with Crippen molar-refractivity contribution in [3.8, 4) is 0 Å². The maximum absolute atomic E-state index is 12.3. The minimum absolute atomic E-state index is 0. The number of amides is 2. The molecule has 2 rings (SSSR count). The van der Waals surface area contributed by atoms with Crippen LogP contribution in [0.25, 0.3) is 0 Å². The maximum Gasteiger partial charge on any atom is 0.241 e. The van der Waals surface area contributed by atoms with Crippen LogP contribution in [0.15, 0.2) is 18.2 Å². The highest BCUT2D eigenvalue weighted by molar-refractivity contribution is 5.97. The van der Waals surface area contributed by atoms with Gasteiger partial charge in [0.2, 0.25) is 11.8 Å². The molecule has 1 saturated heterocycles. The van der Waals surface area contributed by atoms with Gasteiger partial charge in [0, 0.05) is 11.4 Å². The lowest BCUT2D eigenvalue weighted by Crippen LogP contribution is -2.37. The number of likely N-dealkylation sites (tertiary alicyclic amines) is 1. The van der Waals surface area contributed by atoms with Crippen LogP contribution in [0.3, 0.4) is 0 Å². The number of piperidine rings is 1. The van der Waals surface area contributed by atoms with Crippen LogP contribution in [0.1, 0.15) is 44.6 Å². The Hall–Kier alpha value is -1.63. The van der Waals surface area contributed by atoms with Crippen molar-refractivity contribution in [3.63, 3.8) is 0 Å². The molecule has 1 aliphatic heterocycles. The summed E-state index contributed by atoms with van der Waals surface area (Å²) in [4.78, 5) is 26.5. The van der Waals surface area contributed by atoms with Gasteiger partial charge in [0.05, 0.1) is 12.6 Å². The van der Waals surface area contributed by atoms with E-state index in [-0.39, 0.29) is 24.2 Å².